The van der Waals surface area contributed by atoms with Gasteiger partial charge in [-0.15, -0.1) is 11.8 Å². The van der Waals surface area contributed by atoms with Crippen molar-refractivity contribution in [1.82, 2.24) is 0 Å². The lowest BCUT2D eigenvalue weighted by atomic mass is 10.1. The summed E-state index contributed by atoms with van der Waals surface area (Å²) in [6, 6.07) is 3.78. The van der Waals surface area contributed by atoms with E-state index in [9.17, 15) is 5.11 Å². The van der Waals surface area contributed by atoms with Crippen LogP contribution in [-0.4, -0.2) is 25.6 Å². The number of ether oxygens (including phenoxy) is 2. The second kappa shape index (κ2) is 4.18. The smallest absolute Gasteiger partial charge is 0.142 e. The molecule has 88 valence electrons. The van der Waals surface area contributed by atoms with Crippen LogP contribution < -0.4 is 9.47 Å². The molecule has 0 atom stereocenters. The van der Waals surface area contributed by atoms with Crippen molar-refractivity contribution in [2.45, 2.75) is 23.3 Å². The van der Waals surface area contributed by atoms with E-state index < -0.39 is 5.60 Å². The molecule has 16 heavy (non-hydrogen) atoms. The number of hydrogen-bond donors (Lipinski definition) is 1. The summed E-state index contributed by atoms with van der Waals surface area (Å²) in [6.07, 6.45) is 3.59. The van der Waals surface area contributed by atoms with Gasteiger partial charge >= 0.3 is 0 Å². The first-order valence-electron chi connectivity index (χ1n) is 5.18. The van der Waals surface area contributed by atoms with Gasteiger partial charge in [0.1, 0.15) is 11.5 Å². The van der Waals surface area contributed by atoms with Crippen molar-refractivity contribution in [2.75, 3.05) is 20.5 Å². The molecular formula is C12H16O3S. The minimum atomic E-state index is -0.678. The molecule has 0 aliphatic heterocycles. The summed E-state index contributed by atoms with van der Waals surface area (Å²) in [4.78, 5) is 0.947. The minimum Gasteiger partial charge on any atom is -0.495 e. The standard InChI is InChI=1S/C12H16O3S/c1-14-9-5-4-8(12(13)6-7-12)10(15-2)11(9)16-3/h4-5,13H,6-7H2,1-3H3. The van der Waals surface area contributed by atoms with E-state index in [0.717, 1.165) is 34.8 Å². The Balaban J connectivity index is 2.55. The van der Waals surface area contributed by atoms with E-state index in [2.05, 4.69) is 0 Å². The van der Waals surface area contributed by atoms with Gasteiger partial charge in [0.2, 0.25) is 0 Å². The Hall–Kier alpha value is -0.870. The van der Waals surface area contributed by atoms with Crippen LogP contribution in [0, 0.1) is 0 Å². The molecule has 1 N–H and O–H groups in total. The number of thioether (sulfide) groups is 1. The molecule has 0 unspecified atom stereocenters. The molecule has 1 fully saturated rings. The predicted octanol–water partition coefficient (Wildman–Crippen LogP) is 2.41. The van der Waals surface area contributed by atoms with Crippen molar-refractivity contribution in [2.24, 2.45) is 0 Å². The zero-order valence-corrected chi connectivity index (χ0v) is 10.6. The van der Waals surface area contributed by atoms with Crippen molar-refractivity contribution >= 4 is 11.8 Å². The molecule has 1 aromatic carbocycles. The van der Waals surface area contributed by atoms with Crippen LogP contribution in [0.5, 0.6) is 11.5 Å². The van der Waals surface area contributed by atoms with Gasteiger partial charge in [0.15, 0.2) is 0 Å². The lowest BCUT2D eigenvalue weighted by Crippen LogP contribution is -2.08. The molecule has 0 radical (unpaired) electrons. The van der Waals surface area contributed by atoms with Crippen LogP contribution in [-0.2, 0) is 5.60 Å². The first-order chi connectivity index (χ1) is 7.66. The summed E-state index contributed by atoms with van der Waals surface area (Å²) in [5, 5.41) is 10.2. The largest absolute Gasteiger partial charge is 0.495 e. The average Bonchev–Trinajstić information content (AvgIpc) is 3.06. The third-order valence-corrected chi connectivity index (χ3v) is 3.72. The van der Waals surface area contributed by atoms with Crippen LogP contribution in [0.2, 0.25) is 0 Å². The van der Waals surface area contributed by atoms with Gasteiger partial charge in [-0.1, -0.05) is 0 Å². The molecule has 0 amide bonds. The lowest BCUT2D eigenvalue weighted by molar-refractivity contribution is 0.146. The number of hydrogen-bond acceptors (Lipinski definition) is 4. The Morgan fingerprint density at radius 1 is 1.25 bits per heavy atom. The fourth-order valence-corrected chi connectivity index (χ4v) is 2.59. The van der Waals surface area contributed by atoms with E-state index >= 15 is 0 Å². The third kappa shape index (κ3) is 1.76. The molecule has 4 heteroatoms. The number of aliphatic hydroxyl groups is 1. The minimum absolute atomic E-state index is 0.678. The molecule has 0 heterocycles. The van der Waals surface area contributed by atoms with Crippen molar-refractivity contribution in [1.29, 1.82) is 0 Å². The second-order valence-electron chi connectivity index (χ2n) is 3.91. The third-order valence-electron chi connectivity index (χ3n) is 2.93. The highest BCUT2D eigenvalue weighted by Gasteiger charge is 2.45. The van der Waals surface area contributed by atoms with Gasteiger partial charge in [-0.05, 0) is 31.2 Å². The van der Waals surface area contributed by atoms with E-state index in [1.165, 1.54) is 0 Å². The number of benzene rings is 1. The van der Waals surface area contributed by atoms with Crippen LogP contribution >= 0.6 is 11.8 Å². The summed E-state index contributed by atoms with van der Waals surface area (Å²) in [5.74, 6) is 1.53. The van der Waals surface area contributed by atoms with E-state index in [1.54, 1.807) is 26.0 Å². The molecule has 1 saturated carbocycles. The summed E-state index contributed by atoms with van der Waals surface area (Å²) >= 11 is 1.57. The van der Waals surface area contributed by atoms with Crippen LogP contribution in [0.25, 0.3) is 0 Å². The molecule has 0 bridgehead atoms. The molecule has 0 aromatic heterocycles. The Morgan fingerprint density at radius 3 is 2.38 bits per heavy atom. The first kappa shape index (κ1) is 11.6. The molecule has 3 nitrogen and oxygen atoms in total. The number of rotatable bonds is 4. The van der Waals surface area contributed by atoms with Crippen molar-refractivity contribution in [3.05, 3.63) is 17.7 Å². The maximum absolute atomic E-state index is 10.2. The normalized spacial score (nSPS) is 17.0. The molecular weight excluding hydrogens is 224 g/mol. The quantitative estimate of drug-likeness (QED) is 0.820. The lowest BCUT2D eigenvalue weighted by Gasteiger charge is -2.18. The SMILES string of the molecule is COc1ccc(C2(O)CC2)c(OC)c1SC. The van der Waals surface area contributed by atoms with Crippen LogP contribution in [0.1, 0.15) is 18.4 Å². The Labute approximate surface area is 99.8 Å². The highest BCUT2D eigenvalue weighted by atomic mass is 32.2. The molecule has 1 aromatic rings. The maximum Gasteiger partial charge on any atom is 0.142 e. The highest BCUT2D eigenvalue weighted by Crippen LogP contribution is 2.52. The average molecular weight is 240 g/mol. The van der Waals surface area contributed by atoms with Gasteiger partial charge in [0.05, 0.1) is 24.7 Å². The van der Waals surface area contributed by atoms with E-state index in [4.69, 9.17) is 9.47 Å². The molecule has 0 spiro atoms. The molecule has 2 rings (SSSR count). The van der Waals surface area contributed by atoms with Gasteiger partial charge in [0, 0.05) is 5.56 Å². The Bertz CT molecular complexity index is 399. The van der Waals surface area contributed by atoms with Crippen LogP contribution in [0.4, 0.5) is 0 Å². The predicted molar refractivity (Wildman–Crippen MR) is 64.5 cm³/mol. The topological polar surface area (TPSA) is 38.7 Å². The molecule has 0 saturated heterocycles. The van der Waals surface area contributed by atoms with Gasteiger partial charge < -0.3 is 14.6 Å². The van der Waals surface area contributed by atoms with Gasteiger partial charge in [-0.3, -0.25) is 0 Å². The van der Waals surface area contributed by atoms with Crippen molar-refractivity contribution in [3.8, 4) is 11.5 Å². The summed E-state index contributed by atoms with van der Waals surface area (Å²) in [7, 11) is 3.27. The summed E-state index contributed by atoms with van der Waals surface area (Å²) < 4.78 is 10.7. The van der Waals surface area contributed by atoms with E-state index in [0.29, 0.717) is 0 Å². The Morgan fingerprint density at radius 2 is 1.94 bits per heavy atom. The zero-order valence-electron chi connectivity index (χ0n) is 9.74. The molecule has 1 aliphatic rings. The van der Waals surface area contributed by atoms with Crippen molar-refractivity contribution in [3.63, 3.8) is 0 Å². The van der Waals surface area contributed by atoms with Crippen LogP contribution in [0.15, 0.2) is 17.0 Å². The maximum atomic E-state index is 10.2. The molecule has 1 aliphatic carbocycles. The summed E-state index contributed by atoms with van der Waals surface area (Å²) in [6.45, 7) is 0. The van der Waals surface area contributed by atoms with E-state index in [1.807, 2.05) is 18.4 Å². The summed E-state index contributed by atoms with van der Waals surface area (Å²) in [5.41, 5.74) is 0.197. The fraction of sp³-hybridized carbons (Fsp3) is 0.500. The van der Waals surface area contributed by atoms with Crippen molar-refractivity contribution < 1.29 is 14.6 Å². The van der Waals surface area contributed by atoms with E-state index in [-0.39, 0.29) is 0 Å². The highest BCUT2D eigenvalue weighted by molar-refractivity contribution is 7.98. The van der Waals surface area contributed by atoms with Gasteiger partial charge in [-0.2, -0.15) is 0 Å². The van der Waals surface area contributed by atoms with Gasteiger partial charge in [-0.25, -0.2) is 0 Å². The zero-order chi connectivity index (χ0) is 11.8. The monoisotopic (exact) mass is 240 g/mol. The second-order valence-corrected chi connectivity index (χ2v) is 4.73. The fourth-order valence-electron chi connectivity index (χ4n) is 1.86. The Kier molecular flexibility index (Phi) is 3.04. The van der Waals surface area contributed by atoms with Gasteiger partial charge in [0.25, 0.3) is 0 Å². The van der Waals surface area contributed by atoms with Crippen LogP contribution in [0.3, 0.4) is 0 Å². The number of methoxy groups -OCH3 is 2. The first-order valence-corrected chi connectivity index (χ1v) is 6.40.